The number of hydrogen-bond donors (Lipinski definition) is 3. The number of nitrogens with two attached hydrogens (primary N) is 1. The molecular weight excluding hydrogens is 450 g/mol. The van der Waals surface area contributed by atoms with Crippen molar-refractivity contribution in [2.75, 3.05) is 11.4 Å². The molecule has 6 heteroatoms. The van der Waals surface area contributed by atoms with Crippen LogP contribution >= 0.6 is 0 Å². The van der Waals surface area contributed by atoms with E-state index in [-0.39, 0.29) is 23.6 Å². The second kappa shape index (κ2) is 10.5. The van der Waals surface area contributed by atoms with Crippen molar-refractivity contribution in [3.63, 3.8) is 0 Å². The minimum atomic E-state index is -0.708. The van der Waals surface area contributed by atoms with Crippen LogP contribution in [-0.4, -0.2) is 29.5 Å². The molecule has 1 heterocycles. The molecule has 0 aromatic heterocycles. The van der Waals surface area contributed by atoms with Crippen LogP contribution in [0.5, 0.6) is 5.75 Å². The average molecular weight is 486 g/mol. The highest BCUT2D eigenvalue weighted by Crippen LogP contribution is 2.41. The summed E-state index contributed by atoms with van der Waals surface area (Å²) in [4.78, 5) is 27.1. The van der Waals surface area contributed by atoms with Crippen LogP contribution in [0.1, 0.15) is 58.3 Å². The molecule has 4 rings (SSSR count). The first-order chi connectivity index (χ1) is 17.1. The van der Waals surface area contributed by atoms with Gasteiger partial charge in [-0.05, 0) is 73.9 Å². The zero-order valence-electron chi connectivity index (χ0n) is 21.5. The van der Waals surface area contributed by atoms with Crippen molar-refractivity contribution in [1.82, 2.24) is 5.32 Å². The minimum Gasteiger partial charge on any atom is -0.506 e. The van der Waals surface area contributed by atoms with E-state index < -0.39 is 6.04 Å². The predicted octanol–water partition coefficient (Wildman–Crippen LogP) is 4.39. The Bertz CT molecular complexity index is 1260. The Kier molecular flexibility index (Phi) is 7.45. The van der Waals surface area contributed by atoms with Gasteiger partial charge in [0.1, 0.15) is 5.75 Å². The third-order valence-corrected chi connectivity index (χ3v) is 7.01. The first-order valence-electron chi connectivity index (χ1n) is 12.4. The Morgan fingerprint density at radius 1 is 1.06 bits per heavy atom. The van der Waals surface area contributed by atoms with Gasteiger partial charge in [0, 0.05) is 19.0 Å². The number of carbonyl (C=O) groups is 2. The van der Waals surface area contributed by atoms with Crippen molar-refractivity contribution in [2.24, 2.45) is 5.73 Å². The number of nitrogens with one attached hydrogen (secondary N) is 1. The van der Waals surface area contributed by atoms with Crippen molar-refractivity contribution in [1.29, 1.82) is 0 Å². The number of amides is 2. The Labute approximate surface area is 213 Å². The summed E-state index contributed by atoms with van der Waals surface area (Å²) < 4.78 is 0. The number of phenols is 1. The molecule has 188 valence electrons. The largest absolute Gasteiger partial charge is 0.506 e. The SMILES string of the molecule is CC(=O)N1CC[C@@H](NC(=O)[C@@H](N)Cc2c(C)cc(C)cc2C)c2cc(Cc3ccccc3)cc(O)c21. The van der Waals surface area contributed by atoms with E-state index in [2.05, 4.69) is 24.4 Å². The maximum Gasteiger partial charge on any atom is 0.237 e. The van der Waals surface area contributed by atoms with Gasteiger partial charge in [-0.3, -0.25) is 9.59 Å². The number of phenolic OH excluding ortho intramolecular Hbond substituents is 1. The van der Waals surface area contributed by atoms with E-state index in [0.29, 0.717) is 31.5 Å². The topological polar surface area (TPSA) is 95.7 Å². The van der Waals surface area contributed by atoms with Gasteiger partial charge in [-0.15, -0.1) is 0 Å². The first kappa shape index (κ1) is 25.5. The van der Waals surface area contributed by atoms with Crippen LogP contribution in [0.2, 0.25) is 0 Å². The zero-order chi connectivity index (χ0) is 26.0. The summed E-state index contributed by atoms with van der Waals surface area (Å²) in [5.41, 5.74) is 14.2. The number of carbonyl (C=O) groups excluding carboxylic acids is 2. The van der Waals surface area contributed by atoms with Gasteiger partial charge in [0.05, 0.1) is 17.8 Å². The fourth-order valence-electron chi connectivity index (χ4n) is 5.31. The molecule has 0 spiro atoms. The number of rotatable bonds is 6. The van der Waals surface area contributed by atoms with E-state index in [0.717, 1.165) is 33.4 Å². The molecule has 2 atom stereocenters. The highest BCUT2D eigenvalue weighted by Gasteiger charge is 2.32. The molecule has 2 amide bonds. The molecule has 0 unspecified atom stereocenters. The van der Waals surface area contributed by atoms with Crippen LogP contribution in [0.25, 0.3) is 0 Å². The van der Waals surface area contributed by atoms with Crippen LogP contribution in [0.15, 0.2) is 54.6 Å². The maximum atomic E-state index is 13.2. The molecular formula is C30H35N3O3. The van der Waals surface area contributed by atoms with Crippen LogP contribution in [0.4, 0.5) is 5.69 Å². The lowest BCUT2D eigenvalue weighted by molar-refractivity contribution is -0.123. The van der Waals surface area contributed by atoms with E-state index in [1.807, 2.05) is 50.2 Å². The fraction of sp³-hybridized carbons (Fsp3) is 0.333. The van der Waals surface area contributed by atoms with Crippen molar-refractivity contribution in [3.8, 4) is 5.75 Å². The highest BCUT2D eigenvalue weighted by molar-refractivity contribution is 5.95. The van der Waals surface area contributed by atoms with E-state index in [1.165, 1.54) is 12.5 Å². The van der Waals surface area contributed by atoms with Crippen LogP contribution in [-0.2, 0) is 22.4 Å². The summed E-state index contributed by atoms with van der Waals surface area (Å²) >= 11 is 0. The summed E-state index contributed by atoms with van der Waals surface area (Å²) in [5, 5.41) is 14.1. The lowest BCUT2D eigenvalue weighted by Gasteiger charge is -2.35. The van der Waals surface area contributed by atoms with Crippen LogP contribution in [0.3, 0.4) is 0 Å². The van der Waals surface area contributed by atoms with E-state index in [9.17, 15) is 14.7 Å². The standard InChI is InChI=1S/C30H35N3O3/c1-18-12-19(2)24(20(3)13-18)17-26(31)30(36)32-27-10-11-33(21(4)34)29-25(27)15-23(16-28(29)35)14-22-8-6-5-7-9-22/h5-9,12-13,15-16,26-27,35H,10-11,14,17,31H2,1-4H3,(H,32,36)/t26-,27+/m0/s1. The second-order valence-electron chi connectivity index (χ2n) is 9.92. The van der Waals surface area contributed by atoms with Gasteiger partial charge in [0.15, 0.2) is 0 Å². The first-order valence-corrected chi connectivity index (χ1v) is 12.4. The molecule has 0 saturated carbocycles. The summed E-state index contributed by atoms with van der Waals surface area (Å²) in [7, 11) is 0. The molecule has 1 aliphatic rings. The number of anilines is 1. The summed E-state index contributed by atoms with van der Waals surface area (Å²) in [6.07, 6.45) is 1.62. The highest BCUT2D eigenvalue weighted by atomic mass is 16.3. The lowest BCUT2D eigenvalue weighted by Crippen LogP contribution is -2.46. The molecule has 36 heavy (non-hydrogen) atoms. The van der Waals surface area contributed by atoms with Gasteiger partial charge in [0.25, 0.3) is 0 Å². The van der Waals surface area contributed by atoms with Crippen molar-refractivity contribution < 1.29 is 14.7 Å². The Morgan fingerprint density at radius 2 is 1.72 bits per heavy atom. The monoisotopic (exact) mass is 485 g/mol. The molecule has 0 aliphatic carbocycles. The molecule has 4 N–H and O–H groups in total. The molecule has 0 radical (unpaired) electrons. The van der Waals surface area contributed by atoms with Gasteiger partial charge in [-0.25, -0.2) is 0 Å². The van der Waals surface area contributed by atoms with Crippen molar-refractivity contribution in [3.05, 3.63) is 93.5 Å². The van der Waals surface area contributed by atoms with Crippen LogP contribution < -0.4 is 16.0 Å². The second-order valence-corrected chi connectivity index (χ2v) is 9.92. The van der Waals surface area contributed by atoms with Gasteiger partial charge < -0.3 is 21.1 Å². The molecule has 6 nitrogen and oxygen atoms in total. The molecule has 0 fully saturated rings. The number of benzene rings is 3. The number of aryl methyl sites for hydroxylation is 3. The van der Waals surface area contributed by atoms with Crippen LogP contribution in [0, 0.1) is 20.8 Å². The third-order valence-electron chi connectivity index (χ3n) is 7.01. The molecule has 0 bridgehead atoms. The summed E-state index contributed by atoms with van der Waals surface area (Å²) in [6, 6.07) is 16.8. The molecule has 3 aromatic carbocycles. The Morgan fingerprint density at radius 3 is 2.36 bits per heavy atom. The van der Waals surface area contributed by atoms with E-state index in [1.54, 1.807) is 11.0 Å². The lowest BCUT2D eigenvalue weighted by atomic mass is 9.91. The van der Waals surface area contributed by atoms with Gasteiger partial charge >= 0.3 is 0 Å². The summed E-state index contributed by atoms with van der Waals surface area (Å²) in [5.74, 6) is -0.341. The molecule has 0 saturated heterocycles. The minimum absolute atomic E-state index is 0.0442. The quantitative estimate of drug-likeness (QED) is 0.482. The smallest absolute Gasteiger partial charge is 0.237 e. The normalized spacial score (nSPS) is 15.8. The molecule has 3 aromatic rings. The Hall–Kier alpha value is -3.64. The average Bonchev–Trinajstić information content (AvgIpc) is 2.82. The predicted molar refractivity (Wildman–Crippen MR) is 143 cm³/mol. The summed E-state index contributed by atoms with van der Waals surface area (Å²) in [6.45, 7) is 8.05. The number of aromatic hydroxyl groups is 1. The molecule has 1 aliphatic heterocycles. The van der Waals surface area contributed by atoms with Gasteiger partial charge in [0.2, 0.25) is 11.8 Å². The van der Waals surface area contributed by atoms with Gasteiger partial charge in [-0.2, -0.15) is 0 Å². The van der Waals surface area contributed by atoms with Gasteiger partial charge in [-0.1, -0.05) is 54.1 Å². The third kappa shape index (κ3) is 5.44. The van der Waals surface area contributed by atoms with Crippen molar-refractivity contribution in [2.45, 2.75) is 59.0 Å². The van der Waals surface area contributed by atoms with E-state index >= 15 is 0 Å². The Balaban J connectivity index is 1.60. The van der Waals surface area contributed by atoms with Crippen molar-refractivity contribution >= 4 is 17.5 Å². The fourth-order valence-corrected chi connectivity index (χ4v) is 5.31. The van der Waals surface area contributed by atoms with E-state index in [4.69, 9.17) is 5.73 Å². The maximum absolute atomic E-state index is 13.2. The number of nitrogens with zero attached hydrogens (tertiary/aromatic N) is 1. The zero-order valence-corrected chi connectivity index (χ0v) is 21.5. The number of hydrogen-bond acceptors (Lipinski definition) is 4. The number of fused-ring (bicyclic) bond motifs is 1.